The first kappa shape index (κ1) is 31.4. The second kappa shape index (κ2) is 14.2. The number of aliphatic carboxylic acids is 1. The quantitative estimate of drug-likeness (QED) is 0.307. The average molecular weight is 524 g/mol. The van der Waals surface area contributed by atoms with Crippen molar-refractivity contribution < 1.29 is 48.0 Å². The Balaban J connectivity index is 2.71. The molecule has 0 aromatic heterocycles. The minimum atomic E-state index is -1.49. The number of carboxylic acid groups (broad SMARTS) is 1. The van der Waals surface area contributed by atoms with E-state index in [0.29, 0.717) is 0 Å². The Labute approximate surface area is 216 Å². The lowest BCUT2D eigenvalue weighted by molar-refractivity contribution is -0.166. The molecule has 0 aliphatic carbocycles. The highest BCUT2D eigenvalue weighted by molar-refractivity contribution is 5.83. The van der Waals surface area contributed by atoms with Gasteiger partial charge in [0.25, 0.3) is 0 Å². The highest BCUT2D eigenvalue weighted by atomic mass is 16.6. The summed E-state index contributed by atoms with van der Waals surface area (Å²) in [6, 6.07) is 7.46. The third-order valence-corrected chi connectivity index (χ3v) is 4.42. The molecule has 0 aliphatic heterocycles. The number of nitrogens with one attached hydrogen (secondary N) is 1. The van der Waals surface area contributed by atoms with Crippen molar-refractivity contribution in [1.82, 2.24) is 5.32 Å². The van der Waals surface area contributed by atoms with Crippen LogP contribution in [-0.2, 0) is 44.7 Å². The highest BCUT2D eigenvalue weighted by Crippen LogP contribution is 2.16. The Morgan fingerprint density at radius 3 is 1.95 bits per heavy atom. The van der Waals surface area contributed by atoms with Gasteiger partial charge >= 0.3 is 30.0 Å². The Kier molecular flexibility index (Phi) is 12.0. The fourth-order valence-corrected chi connectivity index (χ4v) is 2.87. The maximum atomic E-state index is 12.6. The van der Waals surface area contributed by atoms with Crippen molar-refractivity contribution in [2.24, 2.45) is 0 Å². The summed E-state index contributed by atoms with van der Waals surface area (Å²) in [5.41, 5.74) is -0.870. The van der Waals surface area contributed by atoms with Crippen LogP contribution in [0.15, 0.2) is 30.3 Å². The molecule has 0 saturated heterocycles. The minimum absolute atomic E-state index is 0.0299. The molecule has 2 unspecified atom stereocenters. The van der Waals surface area contributed by atoms with Gasteiger partial charge in [-0.3, -0.25) is 9.59 Å². The Morgan fingerprint density at radius 2 is 1.41 bits per heavy atom. The molecular formula is C26H37NO10. The van der Waals surface area contributed by atoms with Gasteiger partial charge in [0, 0.05) is 19.3 Å². The van der Waals surface area contributed by atoms with E-state index in [0.717, 1.165) is 5.56 Å². The van der Waals surface area contributed by atoms with Gasteiger partial charge in [-0.1, -0.05) is 30.3 Å². The van der Waals surface area contributed by atoms with Crippen LogP contribution in [0.2, 0.25) is 0 Å². The molecule has 0 aliphatic rings. The van der Waals surface area contributed by atoms with Crippen LogP contribution < -0.4 is 5.32 Å². The Morgan fingerprint density at radius 1 is 0.838 bits per heavy atom. The van der Waals surface area contributed by atoms with Crippen molar-refractivity contribution >= 4 is 30.0 Å². The molecule has 37 heavy (non-hydrogen) atoms. The number of carbonyl (C=O) groups excluding carboxylic acids is 4. The summed E-state index contributed by atoms with van der Waals surface area (Å²) in [5, 5.41) is 11.6. The van der Waals surface area contributed by atoms with Gasteiger partial charge in [0.2, 0.25) is 6.10 Å². The first-order chi connectivity index (χ1) is 17.1. The van der Waals surface area contributed by atoms with E-state index in [9.17, 15) is 29.1 Å². The van der Waals surface area contributed by atoms with Crippen LogP contribution in [0.1, 0.15) is 72.8 Å². The molecule has 1 amide bonds. The van der Waals surface area contributed by atoms with E-state index >= 15 is 0 Å². The Bertz CT molecular complexity index is 931. The molecule has 0 spiro atoms. The van der Waals surface area contributed by atoms with Crippen LogP contribution in [0.5, 0.6) is 0 Å². The summed E-state index contributed by atoms with van der Waals surface area (Å²) < 4.78 is 20.7. The van der Waals surface area contributed by atoms with Gasteiger partial charge in [-0.15, -0.1) is 0 Å². The van der Waals surface area contributed by atoms with Crippen LogP contribution in [-0.4, -0.2) is 58.4 Å². The summed E-state index contributed by atoms with van der Waals surface area (Å²) in [6.45, 7) is 9.94. The zero-order valence-electron chi connectivity index (χ0n) is 22.2. The van der Waals surface area contributed by atoms with Gasteiger partial charge in [0.05, 0.1) is 0 Å². The van der Waals surface area contributed by atoms with E-state index in [1.54, 1.807) is 65.8 Å². The van der Waals surface area contributed by atoms with Crippen molar-refractivity contribution in [3.8, 4) is 0 Å². The second-order valence-electron chi connectivity index (χ2n) is 10.3. The summed E-state index contributed by atoms with van der Waals surface area (Å²) in [5.74, 6) is -3.56. The topological polar surface area (TPSA) is 155 Å². The normalized spacial score (nSPS) is 13.0. The zero-order valence-corrected chi connectivity index (χ0v) is 22.2. The van der Waals surface area contributed by atoms with Gasteiger partial charge in [-0.2, -0.15) is 0 Å². The maximum absolute atomic E-state index is 12.6. The van der Waals surface area contributed by atoms with E-state index in [4.69, 9.17) is 18.9 Å². The third-order valence-electron chi connectivity index (χ3n) is 4.42. The number of rotatable bonds is 12. The smallest absolute Gasteiger partial charge is 0.408 e. The summed E-state index contributed by atoms with van der Waals surface area (Å²) >= 11 is 0. The van der Waals surface area contributed by atoms with Gasteiger partial charge < -0.3 is 29.4 Å². The molecule has 1 rings (SSSR count). The first-order valence-corrected chi connectivity index (χ1v) is 11.9. The molecule has 1 aromatic carbocycles. The lowest BCUT2D eigenvalue weighted by Gasteiger charge is -2.25. The number of benzene rings is 1. The van der Waals surface area contributed by atoms with Crippen molar-refractivity contribution in [3.63, 3.8) is 0 Å². The number of ether oxygens (including phenoxy) is 4. The number of hydrogen-bond donors (Lipinski definition) is 2. The maximum Gasteiger partial charge on any atom is 0.408 e. The fraction of sp³-hybridized carbons (Fsp3) is 0.577. The predicted molar refractivity (Wildman–Crippen MR) is 131 cm³/mol. The fourth-order valence-electron chi connectivity index (χ4n) is 2.87. The number of carbonyl (C=O) groups is 5. The van der Waals surface area contributed by atoms with Gasteiger partial charge in [0.1, 0.15) is 23.9 Å². The third kappa shape index (κ3) is 14.5. The molecule has 206 valence electrons. The molecule has 0 radical (unpaired) electrons. The van der Waals surface area contributed by atoms with E-state index in [2.05, 4.69) is 5.32 Å². The zero-order chi connectivity index (χ0) is 28.2. The van der Waals surface area contributed by atoms with E-state index in [1.165, 1.54) is 0 Å². The number of alkyl carbamates (subject to hydrolysis) is 1. The molecule has 0 saturated carbocycles. The molecule has 0 fully saturated rings. The van der Waals surface area contributed by atoms with Crippen molar-refractivity contribution in [2.75, 3.05) is 0 Å². The van der Waals surface area contributed by atoms with Crippen LogP contribution in [0, 0.1) is 0 Å². The lowest BCUT2D eigenvalue weighted by atomic mass is 10.1. The molecule has 2 N–H and O–H groups in total. The monoisotopic (exact) mass is 523 g/mol. The Hall–Kier alpha value is -3.63. The number of hydrogen-bond acceptors (Lipinski definition) is 9. The largest absolute Gasteiger partial charge is 0.480 e. The van der Waals surface area contributed by atoms with E-state index in [-0.39, 0.29) is 32.3 Å². The number of carboxylic acids is 1. The predicted octanol–water partition coefficient (Wildman–Crippen LogP) is 3.52. The van der Waals surface area contributed by atoms with E-state index in [1.807, 2.05) is 6.07 Å². The van der Waals surface area contributed by atoms with Crippen molar-refractivity contribution in [2.45, 2.75) is 97.2 Å². The molecule has 0 heterocycles. The SMILES string of the molecule is CC(C)(C)OC(=O)CCC(OC(=O)NC(CCC(=O)OCc1ccccc1)C(=O)O)C(=O)OC(C)(C)C. The molecular weight excluding hydrogens is 486 g/mol. The molecule has 2 atom stereocenters. The van der Waals surface area contributed by atoms with Gasteiger partial charge in [-0.05, 0) is 53.5 Å². The first-order valence-electron chi connectivity index (χ1n) is 11.9. The minimum Gasteiger partial charge on any atom is -0.480 e. The molecule has 11 heteroatoms. The summed E-state index contributed by atoms with van der Waals surface area (Å²) in [6.07, 6.45) is -3.74. The van der Waals surface area contributed by atoms with E-state index < -0.39 is 53.3 Å². The van der Waals surface area contributed by atoms with Crippen molar-refractivity contribution in [1.29, 1.82) is 0 Å². The van der Waals surface area contributed by atoms with Crippen molar-refractivity contribution in [3.05, 3.63) is 35.9 Å². The molecule has 0 bridgehead atoms. The summed E-state index contributed by atoms with van der Waals surface area (Å²) in [7, 11) is 0. The van der Waals surface area contributed by atoms with Crippen LogP contribution in [0.4, 0.5) is 4.79 Å². The average Bonchev–Trinajstić information content (AvgIpc) is 2.76. The van der Waals surface area contributed by atoms with Crippen LogP contribution in [0.3, 0.4) is 0 Å². The number of esters is 3. The highest BCUT2D eigenvalue weighted by Gasteiger charge is 2.31. The van der Waals surface area contributed by atoms with Crippen LogP contribution >= 0.6 is 0 Å². The summed E-state index contributed by atoms with van der Waals surface area (Å²) in [4.78, 5) is 60.7. The number of amides is 1. The standard InChI is InChI=1S/C26H37NO10/c1-25(2,3)36-21(29)15-13-19(23(32)37-26(4,5)6)35-24(33)27-18(22(30)31)12-14-20(28)34-16-17-10-8-7-9-11-17/h7-11,18-19H,12-16H2,1-6H3,(H,27,33)(H,30,31). The van der Waals surface area contributed by atoms with Crippen LogP contribution in [0.25, 0.3) is 0 Å². The molecule has 1 aromatic rings. The second-order valence-corrected chi connectivity index (χ2v) is 10.3. The molecule has 11 nitrogen and oxygen atoms in total. The van der Waals surface area contributed by atoms with Gasteiger partial charge in [-0.25, -0.2) is 14.4 Å². The van der Waals surface area contributed by atoms with Gasteiger partial charge in [0.15, 0.2) is 0 Å². The lowest BCUT2D eigenvalue weighted by Crippen LogP contribution is -2.44.